The zero-order chi connectivity index (χ0) is 23.0. The molecule has 164 valence electrons. The van der Waals surface area contributed by atoms with Crippen molar-refractivity contribution in [3.63, 3.8) is 0 Å². The van der Waals surface area contributed by atoms with Gasteiger partial charge in [-0.05, 0) is 31.0 Å². The van der Waals surface area contributed by atoms with E-state index in [1.807, 2.05) is 37.3 Å². The number of ketones is 1. The third-order valence-corrected chi connectivity index (χ3v) is 6.83. The summed E-state index contributed by atoms with van der Waals surface area (Å²) in [6.07, 6.45) is 0.639. The number of benzene rings is 2. The lowest BCUT2D eigenvalue weighted by Gasteiger charge is -2.26. The molecule has 3 aromatic rings. The topological polar surface area (TPSA) is 90.7 Å². The van der Waals surface area contributed by atoms with Crippen molar-refractivity contribution in [2.24, 2.45) is 0 Å². The van der Waals surface area contributed by atoms with E-state index in [-0.39, 0.29) is 16.3 Å². The number of aliphatic hydroxyl groups is 1. The third-order valence-electron chi connectivity index (χ3n) is 5.32. The zero-order valence-corrected chi connectivity index (χ0v) is 19.1. The molecule has 2 N–H and O–H groups in total. The number of hydrogen-bond donors (Lipinski definition) is 2. The minimum absolute atomic E-state index is 0.00318. The summed E-state index contributed by atoms with van der Waals surface area (Å²) in [4.78, 5) is 32.9. The molecule has 6 nitrogen and oxygen atoms in total. The number of aryl methyl sites for hydroxylation is 1. The first-order chi connectivity index (χ1) is 15.3. The number of hydrogen-bond acceptors (Lipinski definition) is 6. The molecule has 0 spiro atoms. The van der Waals surface area contributed by atoms with Crippen LogP contribution in [0.5, 0.6) is 5.75 Å². The van der Waals surface area contributed by atoms with Crippen LogP contribution in [0.3, 0.4) is 0 Å². The number of phenolic OH excluding ortho intramolecular Hbond substituents is 1. The Morgan fingerprint density at radius 1 is 1.19 bits per heavy atom. The number of rotatable bonds is 6. The van der Waals surface area contributed by atoms with Crippen LogP contribution in [-0.2, 0) is 4.79 Å². The van der Waals surface area contributed by atoms with Gasteiger partial charge in [0.05, 0.1) is 27.2 Å². The Balaban J connectivity index is 1.81. The molecule has 1 aliphatic heterocycles. The Morgan fingerprint density at radius 3 is 2.56 bits per heavy atom. The van der Waals surface area contributed by atoms with Crippen LogP contribution in [0.25, 0.3) is 10.6 Å². The molecule has 2 aromatic carbocycles. The van der Waals surface area contributed by atoms with Crippen LogP contribution in [0.15, 0.2) is 59.9 Å². The summed E-state index contributed by atoms with van der Waals surface area (Å²) < 4.78 is 0. The molecule has 1 unspecified atom stereocenters. The quantitative estimate of drug-likeness (QED) is 0.468. The van der Waals surface area contributed by atoms with Crippen molar-refractivity contribution in [3.8, 4) is 16.3 Å². The maximum absolute atomic E-state index is 13.6. The first-order valence-corrected chi connectivity index (χ1v) is 11.3. The first kappa shape index (κ1) is 22.0. The number of halogens is 1. The molecule has 8 heteroatoms. The number of aromatic nitrogens is 1. The molecule has 1 aromatic heterocycles. The zero-order valence-electron chi connectivity index (χ0n) is 17.5. The predicted molar refractivity (Wildman–Crippen MR) is 124 cm³/mol. The average molecular weight is 469 g/mol. The van der Waals surface area contributed by atoms with Gasteiger partial charge in [0, 0.05) is 12.1 Å². The molecule has 1 aliphatic rings. The van der Waals surface area contributed by atoms with Gasteiger partial charge in [-0.25, -0.2) is 4.98 Å². The smallest absolute Gasteiger partial charge is 0.290 e. The molecule has 1 amide bonds. The van der Waals surface area contributed by atoms with Crippen molar-refractivity contribution in [1.29, 1.82) is 0 Å². The van der Waals surface area contributed by atoms with Gasteiger partial charge in [-0.2, -0.15) is 0 Å². The maximum Gasteiger partial charge on any atom is 0.290 e. The largest absolute Gasteiger partial charge is 0.506 e. The number of phenols is 1. The van der Waals surface area contributed by atoms with Gasteiger partial charge in [-0.15, -0.1) is 11.3 Å². The van der Waals surface area contributed by atoms with E-state index >= 15 is 0 Å². The molecule has 32 heavy (non-hydrogen) atoms. The fourth-order valence-corrected chi connectivity index (χ4v) is 5.05. The fraction of sp³-hybridized carbons (Fsp3) is 0.208. The molecule has 4 rings (SSSR count). The van der Waals surface area contributed by atoms with Gasteiger partial charge in [-0.3, -0.25) is 9.59 Å². The van der Waals surface area contributed by atoms with Gasteiger partial charge in [0.2, 0.25) is 5.78 Å². The van der Waals surface area contributed by atoms with Gasteiger partial charge >= 0.3 is 0 Å². The molecule has 0 radical (unpaired) electrons. The summed E-state index contributed by atoms with van der Waals surface area (Å²) >= 11 is 7.33. The lowest BCUT2D eigenvalue weighted by molar-refractivity contribution is -0.129. The standard InChI is InChI=1S/C24H21ClN2O4S/c1-3-11-27-19(15-9-10-17(28)16(25)12-15)18(21(30)24(27)31)20(29)22-13(2)26-23(32-22)14-7-5-4-6-8-14/h4-10,12,19,28,30H,3,11H2,1-2H3. The predicted octanol–water partition coefficient (Wildman–Crippen LogP) is 5.47. The van der Waals surface area contributed by atoms with Crippen LogP contribution >= 0.6 is 22.9 Å². The number of carbonyl (C=O) groups is 2. The fourth-order valence-electron chi connectivity index (χ4n) is 3.83. The van der Waals surface area contributed by atoms with Crippen molar-refractivity contribution in [2.75, 3.05) is 6.54 Å². The number of aliphatic hydroxyl groups excluding tert-OH is 1. The van der Waals surface area contributed by atoms with Gasteiger partial charge in [0.25, 0.3) is 5.91 Å². The van der Waals surface area contributed by atoms with Crippen LogP contribution < -0.4 is 0 Å². The molecule has 0 aliphatic carbocycles. The third kappa shape index (κ3) is 3.78. The number of aromatic hydroxyl groups is 1. The summed E-state index contributed by atoms with van der Waals surface area (Å²) in [5.74, 6) is -1.71. The molecular formula is C24H21ClN2O4S. The summed E-state index contributed by atoms with van der Waals surface area (Å²) in [6.45, 7) is 3.99. The molecule has 2 heterocycles. The van der Waals surface area contributed by atoms with E-state index in [0.717, 1.165) is 5.56 Å². The lowest BCUT2D eigenvalue weighted by atomic mass is 9.95. The molecular weight excluding hydrogens is 448 g/mol. The second-order valence-electron chi connectivity index (χ2n) is 7.50. The second kappa shape index (κ2) is 8.76. The van der Waals surface area contributed by atoms with Crippen LogP contribution in [0.1, 0.15) is 40.3 Å². The summed E-state index contributed by atoms with van der Waals surface area (Å²) in [5.41, 5.74) is 1.95. The van der Waals surface area contributed by atoms with Crippen LogP contribution in [0.2, 0.25) is 5.02 Å². The van der Waals surface area contributed by atoms with E-state index in [4.69, 9.17) is 11.6 Å². The first-order valence-electron chi connectivity index (χ1n) is 10.1. The number of nitrogens with zero attached hydrogens (tertiary/aromatic N) is 2. The van der Waals surface area contributed by atoms with E-state index in [9.17, 15) is 19.8 Å². The molecule has 0 saturated heterocycles. The van der Waals surface area contributed by atoms with E-state index in [2.05, 4.69) is 4.98 Å². The van der Waals surface area contributed by atoms with Crippen molar-refractivity contribution < 1.29 is 19.8 Å². The van der Waals surface area contributed by atoms with Crippen LogP contribution in [0, 0.1) is 6.92 Å². The molecule has 0 bridgehead atoms. The maximum atomic E-state index is 13.6. The number of thiazole rings is 1. The number of Topliss-reactive ketones (excluding diaryl/α,β-unsaturated/α-hetero) is 1. The SMILES string of the molecule is CCCN1C(=O)C(O)=C(C(=O)c2sc(-c3ccccc3)nc2C)C1c1ccc(O)c(Cl)c1. The van der Waals surface area contributed by atoms with Crippen molar-refractivity contribution in [3.05, 3.63) is 81.0 Å². The van der Waals surface area contributed by atoms with Gasteiger partial charge in [0.15, 0.2) is 5.76 Å². The van der Waals surface area contributed by atoms with E-state index < -0.39 is 23.5 Å². The van der Waals surface area contributed by atoms with Crippen molar-refractivity contribution in [1.82, 2.24) is 9.88 Å². The molecule has 1 atom stereocenters. The Kier molecular flexibility index (Phi) is 6.04. The van der Waals surface area contributed by atoms with Gasteiger partial charge in [-0.1, -0.05) is 54.9 Å². The van der Waals surface area contributed by atoms with Crippen LogP contribution in [-0.4, -0.2) is 38.3 Å². The Bertz CT molecular complexity index is 1240. The summed E-state index contributed by atoms with van der Waals surface area (Å²) in [7, 11) is 0. The highest BCUT2D eigenvalue weighted by atomic mass is 35.5. The monoisotopic (exact) mass is 468 g/mol. The highest BCUT2D eigenvalue weighted by Crippen LogP contribution is 2.42. The minimum Gasteiger partial charge on any atom is -0.506 e. The normalized spacial score (nSPS) is 16.2. The van der Waals surface area contributed by atoms with E-state index in [1.54, 1.807) is 13.0 Å². The van der Waals surface area contributed by atoms with Gasteiger partial charge < -0.3 is 15.1 Å². The van der Waals surface area contributed by atoms with Crippen molar-refractivity contribution >= 4 is 34.6 Å². The van der Waals surface area contributed by atoms with Crippen molar-refractivity contribution in [2.45, 2.75) is 26.3 Å². The Morgan fingerprint density at radius 2 is 1.91 bits per heavy atom. The molecule has 0 saturated carbocycles. The second-order valence-corrected chi connectivity index (χ2v) is 8.91. The number of carbonyl (C=O) groups excluding carboxylic acids is 2. The highest BCUT2D eigenvalue weighted by molar-refractivity contribution is 7.17. The summed E-state index contributed by atoms with van der Waals surface area (Å²) in [6, 6.07) is 13.2. The average Bonchev–Trinajstić information content (AvgIpc) is 3.29. The van der Waals surface area contributed by atoms with E-state index in [1.165, 1.54) is 28.4 Å². The Labute approximate surface area is 194 Å². The summed E-state index contributed by atoms with van der Waals surface area (Å²) in [5, 5.41) is 21.3. The van der Waals surface area contributed by atoms with Gasteiger partial charge in [0.1, 0.15) is 10.8 Å². The number of amides is 1. The van der Waals surface area contributed by atoms with E-state index in [0.29, 0.717) is 34.1 Å². The lowest BCUT2D eigenvalue weighted by Crippen LogP contribution is -2.31. The highest BCUT2D eigenvalue weighted by Gasteiger charge is 2.44. The molecule has 0 fully saturated rings. The minimum atomic E-state index is -0.810. The van der Waals surface area contributed by atoms with Crippen LogP contribution in [0.4, 0.5) is 0 Å². The Hall–Kier alpha value is -3.16.